The maximum Gasteiger partial charge on any atom is 0.323 e. The van der Waals surface area contributed by atoms with E-state index in [2.05, 4.69) is 0 Å². The molecule has 4 N–H and O–H groups in total. The Balaban J connectivity index is 4.37. The smallest absolute Gasteiger partial charge is 0.323 e. The van der Waals surface area contributed by atoms with Crippen molar-refractivity contribution < 1.29 is 24.6 Å². The SMILES string of the molecule is CCCN(CC(=O)O)C(=O)C(N)CCC(=O)O. The van der Waals surface area contributed by atoms with Crippen molar-refractivity contribution in [1.82, 2.24) is 4.90 Å². The van der Waals surface area contributed by atoms with Crippen LogP contribution in [0.15, 0.2) is 0 Å². The topological polar surface area (TPSA) is 121 Å². The van der Waals surface area contributed by atoms with E-state index in [0.29, 0.717) is 13.0 Å². The second kappa shape index (κ2) is 7.61. The minimum atomic E-state index is -1.11. The van der Waals surface area contributed by atoms with Crippen molar-refractivity contribution in [2.75, 3.05) is 13.1 Å². The van der Waals surface area contributed by atoms with Crippen molar-refractivity contribution in [3.63, 3.8) is 0 Å². The molecule has 0 radical (unpaired) electrons. The zero-order chi connectivity index (χ0) is 13.4. The first-order valence-corrected chi connectivity index (χ1v) is 5.36. The number of carboxylic acid groups (broad SMARTS) is 2. The molecule has 0 saturated heterocycles. The van der Waals surface area contributed by atoms with Crippen LogP contribution in [0.4, 0.5) is 0 Å². The molecule has 17 heavy (non-hydrogen) atoms. The van der Waals surface area contributed by atoms with E-state index in [1.807, 2.05) is 6.92 Å². The largest absolute Gasteiger partial charge is 0.481 e. The Hall–Kier alpha value is -1.63. The number of carbonyl (C=O) groups excluding carboxylic acids is 1. The number of rotatable bonds is 8. The lowest BCUT2D eigenvalue weighted by Crippen LogP contribution is -2.46. The van der Waals surface area contributed by atoms with Crippen LogP contribution in [0.3, 0.4) is 0 Å². The van der Waals surface area contributed by atoms with E-state index >= 15 is 0 Å². The summed E-state index contributed by atoms with van der Waals surface area (Å²) in [7, 11) is 0. The number of aliphatic carboxylic acids is 2. The Morgan fingerprint density at radius 3 is 2.24 bits per heavy atom. The monoisotopic (exact) mass is 246 g/mol. The molecule has 0 aromatic carbocycles. The van der Waals surface area contributed by atoms with Crippen molar-refractivity contribution in [3.05, 3.63) is 0 Å². The standard InChI is InChI=1S/C10H18N2O5/c1-2-5-12(6-9(15)16)10(17)7(11)3-4-8(13)14/h7H,2-6,11H2,1H3,(H,13,14)(H,15,16). The molecule has 0 aromatic heterocycles. The Bertz CT molecular complexity index is 292. The fraction of sp³-hybridized carbons (Fsp3) is 0.700. The molecule has 0 aliphatic rings. The van der Waals surface area contributed by atoms with Gasteiger partial charge < -0.3 is 20.8 Å². The number of nitrogens with two attached hydrogens (primary N) is 1. The van der Waals surface area contributed by atoms with Gasteiger partial charge in [-0.3, -0.25) is 14.4 Å². The van der Waals surface area contributed by atoms with E-state index in [9.17, 15) is 14.4 Å². The van der Waals surface area contributed by atoms with Crippen LogP contribution in [-0.4, -0.2) is 52.1 Å². The van der Waals surface area contributed by atoms with Gasteiger partial charge in [0.2, 0.25) is 5.91 Å². The third kappa shape index (κ3) is 6.52. The first-order valence-electron chi connectivity index (χ1n) is 5.36. The van der Waals surface area contributed by atoms with E-state index in [-0.39, 0.29) is 12.8 Å². The second-order valence-corrected chi connectivity index (χ2v) is 3.69. The number of nitrogens with zero attached hydrogens (tertiary/aromatic N) is 1. The van der Waals surface area contributed by atoms with Gasteiger partial charge in [-0.15, -0.1) is 0 Å². The number of hydrogen-bond donors (Lipinski definition) is 3. The summed E-state index contributed by atoms with van der Waals surface area (Å²) in [6.45, 7) is 1.70. The number of carboxylic acids is 2. The highest BCUT2D eigenvalue weighted by Gasteiger charge is 2.22. The van der Waals surface area contributed by atoms with Crippen LogP contribution < -0.4 is 5.73 Å². The maximum atomic E-state index is 11.7. The molecule has 0 aliphatic carbocycles. The molecule has 0 aliphatic heterocycles. The van der Waals surface area contributed by atoms with Crippen LogP contribution in [0.5, 0.6) is 0 Å². The predicted octanol–water partition coefficient (Wildman–Crippen LogP) is -0.498. The number of hydrogen-bond acceptors (Lipinski definition) is 4. The predicted molar refractivity (Wildman–Crippen MR) is 59.4 cm³/mol. The Morgan fingerprint density at radius 1 is 1.24 bits per heavy atom. The molecule has 98 valence electrons. The van der Waals surface area contributed by atoms with Gasteiger partial charge in [0.1, 0.15) is 6.54 Å². The molecule has 0 spiro atoms. The molecule has 0 rings (SSSR count). The molecule has 0 bridgehead atoms. The van der Waals surface area contributed by atoms with Gasteiger partial charge in [0.15, 0.2) is 0 Å². The molecule has 0 fully saturated rings. The van der Waals surface area contributed by atoms with Crippen LogP contribution in [0.1, 0.15) is 26.2 Å². The lowest BCUT2D eigenvalue weighted by molar-refractivity contribution is -0.145. The molecule has 1 unspecified atom stereocenters. The van der Waals surface area contributed by atoms with E-state index in [0.717, 1.165) is 4.90 Å². The molecular weight excluding hydrogens is 228 g/mol. The second-order valence-electron chi connectivity index (χ2n) is 3.69. The first kappa shape index (κ1) is 15.4. The highest BCUT2D eigenvalue weighted by molar-refractivity contribution is 5.85. The van der Waals surface area contributed by atoms with Gasteiger partial charge in [0.25, 0.3) is 0 Å². The molecule has 7 nitrogen and oxygen atoms in total. The zero-order valence-corrected chi connectivity index (χ0v) is 9.76. The summed E-state index contributed by atoms with van der Waals surface area (Å²) in [4.78, 5) is 33.7. The average Bonchev–Trinajstić information content (AvgIpc) is 2.23. The van der Waals surface area contributed by atoms with Crippen LogP contribution in [0.25, 0.3) is 0 Å². The molecule has 0 saturated carbocycles. The van der Waals surface area contributed by atoms with E-state index in [4.69, 9.17) is 15.9 Å². The van der Waals surface area contributed by atoms with Gasteiger partial charge in [0, 0.05) is 13.0 Å². The lowest BCUT2D eigenvalue weighted by atomic mass is 10.1. The minimum absolute atomic E-state index is 0.00794. The Kier molecular flexibility index (Phi) is 6.88. The molecule has 0 heterocycles. The summed E-state index contributed by atoms with van der Waals surface area (Å²) >= 11 is 0. The van der Waals surface area contributed by atoms with Gasteiger partial charge >= 0.3 is 11.9 Å². The van der Waals surface area contributed by atoms with Crippen LogP contribution in [0.2, 0.25) is 0 Å². The van der Waals surface area contributed by atoms with E-state index < -0.39 is 30.4 Å². The molecular formula is C10H18N2O5. The quantitative estimate of drug-likeness (QED) is 0.531. The minimum Gasteiger partial charge on any atom is -0.481 e. The Labute approximate surface area is 99.2 Å². The van der Waals surface area contributed by atoms with Crippen molar-refractivity contribution >= 4 is 17.8 Å². The van der Waals surface area contributed by atoms with Crippen molar-refractivity contribution in [1.29, 1.82) is 0 Å². The van der Waals surface area contributed by atoms with Gasteiger partial charge in [-0.2, -0.15) is 0 Å². The van der Waals surface area contributed by atoms with Crippen molar-refractivity contribution in [2.45, 2.75) is 32.2 Å². The van der Waals surface area contributed by atoms with E-state index in [1.54, 1.807) is 0 Å². The number of carbonyl (C=O) groups is 3. The van der Waals surface area contributed by atoms with Crippen molar-refractivity contribution in [2.24, 2.45) is 5.73 Å². The van der Waals surface area contributed by atoms with Crippen LogP contribution >= 0.6 is 0 Å². The Morgan fingerprint density at radius 2 is 1.82 bits per heavy atom. The fourth-order valence-corrected chi connectivity index (χ4v) is 1.34. The highest BCUT2D eigenvalue weighted by Crippen LogP contribution is 2.02. The molecule has 1 atom stereocenters. The zero-order valence-electron chi connectivity index (χ0n) is 9.76. The molecule has 7 heteroatoms. The van der Waals surface area contributed by atoms with Crippen molar-refractivity contribution in [3.8, 4) is 0 Å². The third-order valence-corrected chi connectivity index (χ3v) is 2.12. The highest BCUT2D eigenvalue weighted by atomic mass is 16.4. The van der Waals surface area contributed by atoms with Gasteiger partial charge in [-0.25, -0.2) is 0 Å². The van der Waals surface area contributed by atoms with E-state index in [1.165, 1.54) is 0 Å². The fourth-order valence-electron chi connectivity index (χ4n) is 1.34. The molecule has 0 aromatic rings. The lowest BCUT2D eigenvalue weighted by Gasteiger charge is -2.23. The molecule has 1 amide bonds. The van der Waals surface area contributed by atoms with Gasteiger partial charge in [-0.05, 0) is 12.8 Å². The first-order chi connectivity index (χ1) is 7.88. The average molecular weight is 246 g/mol. The third-order valence-electron chi connectivity index (χ3n) is 2.12. The maximum absolute atomic E-state index is 11.7. The normalized spacial score (nSPS) is 11.9. The summed E-state index contributed by atoms with van der Waals surface area (Å²) in [5, 5.41) is 17.1. The number of amides is 1. The summed E-state index contributed by atoms with van der Waals surface area (Å²) in [5.41, 5.74) is 5.52. The van der Waals surface area contributed by atoms with Crippen LogP contribution in [-0.2, 0) is 14.4 Å². The van der Waals surface area contributed by atoms with Gasteiger partial charge in [0.05, 0.1) is 6.04 Å². The summed E-state index contributed by atoms with van der Waals surface area (Å²) in [6, 6.07) is -0.961. The summed E-state index contributed by atoms with van der Waals surface area (Å²) in [6.07, 6.45) is 0.415. The van der Waals surface area contributed by atoms with Gasteiger partial charge in [-0.1, -0.05) is 6.92 Å². The summed E-state index contributed by atoms with van der Waals surface area (Å²) in [5.74, 6) is -2.67. The van der Waals surface area contributed by atoms with Crippen LogP contribution in [0, 0.1) is 0 Å². The summed E-state index contributed by atoms with van der Waals surface area (Å²) < 4.78 is 0.